The maximum Gasteiger partial charge on any atom is 0.179 e. The highest BCUT2D eigenvalue weighted by Crippen LogP contribution is 2.60. The van der Waals surface area contributed by atoms with Crippen LogP contribution >= 0.6 is 0 Å². The monoisotopic (exact) mass is 1820 g/mol. The van der Waals surface area contributed by atoms with E-state index >= 15 is 0 Å². The number of hydrogen-bond donors (Lipinski definition) is 0. The standard InChI is InChI=1S/C80H55N3Si.C54H43FN2/c1-6-22-58(23-7-1)78-77-36-20-21-53-81(77)80-72-34-17-16-32-69(72)70-51-41-59(55-74(70)79(78)80)56-37-43-62(44-38-56)82(64-47-49-68(50-48-64)84(65-26-10-3-11-27-65,66-28-12-4-13-29-66)67-30-14-5-15-31-67)63-45-39-57(40-46-63)60-42-52-76-73(54-60)71-33-18-19-35-75(71)83(76)61-24-8-2-9-25-61;55-42-18-24-45(25-19-42)57(44-22-15-38(16-23-44)51-40-29-34-28-35(31-40)32-41(51)30-34)43-20-13-36(14-21-43)39-17-26-47-46-10-4-5-11-48(46)54-53(49(47)33-39)52(37-8-2-1-3-9-37)50-12-6-7-27-56(50)54/h1-55H;1-27,33-35,40-41,51H,28-32H2. The number of halogens is 1. The highest BCUT2D eigenvalue weighted by molar-refractivity contribution is 7.20. The van der Waals surface area contributed by atoms with Crippen LogP contribution in [0.1, 0.15) is 43.6 Å². The molecule has 0 amide bonds. The minimum Gasteiger partial charge on any atom is -0.315 e. The summed E-state index contributed by atoms with van der Waals surface area (Å²) < 4.78 is 21.4. The molecule has 4 aliphatic rings. The van der Waals surface area contributed by atoms with Crippen molar-refractivity contribution in [1.82, 2.24) is 13.4 Å². The van der Waals surface area contributed by atoms with Crippen molar-refractivity contribution in [3.05, 3.63) is 515 Å². The molecule has 5 nitrogen and oxygen atoms in total. The Labute approximate surface area is 820 Å². The Morgan fingerprint density at radius 2 is 0.539 bits per heavy atom. The number of hydrogen-bond acceptors (Lipinski definition) is 2. The fourth-order valence-electron chi connectivity index (χ4n) is 25.6. The van der Waals surface area contributed by atoms with E-state index in [0.717, 1.165) is 80.2 Å². The predicted molar refractivity (Wildman–Crippen MR) is 594 cm³/mol. The molecule has 4 aliphatic carbocycles. The lowest BCUT2D eigenvalue weighted by molar-refractivity contribution is -0.00277. The van der Waals surface area contributed by atoms with Crippen LogP contribution in [-0.2, 0) is 0 Å². The molecule has 7 heteroatoms. The molecule has 0 radical (unpaired) electrons. The third kappa shape index (κ3) is 14.1. The van der Waals surface area contributed by atoms with Crippen LogP contribution < -0.4 is 30.5 Å². The molecule has 20 aromatic carbocycles. The summed E-state index contributed by atoms with van der Waals surface area (Å²) in [5, 5.41) is 20.4. The Hall–Kier alpha value is -17.0. The van der Waals surface area contributed by atoms with Gasteiger partial charge in [-0.1, -0.05) is 340 Å². The smallest absolute Gasteiger partial charge is 0.179 e. The van der Waals surface area contributed by atoms with E-state index in [0.29, 0.717) is 5.92 Å². The summed E-state index contributed by atoms with van der Waals surface area (Å²) in [6.07, 6.45) is 11.6. The fraction of sp³-hybridized carbons (Fsp3) is 0.0746. The SMILES string of the molecule is Fc1ccc(N(c2ccc(-c3ccc4c5ccccc5c5c(c(-c6ccccc6)c6ccccn65)c4c3)cc2)c2ccc(C3C4CC5CC(C4)CC3C5)cc2)cc1.c1ccc(-c2c3c4cc(-c5ccc(N(c6ccc(-c7ccc8c(c7)c7ccccc7n8-c7ccccc7)cc6)c6ccc([Si](c7ccccc7)(c7ccccc7)c7ccccc7)cc6)cc5)ccc4c4ccccc4c3n3ccccc23)cc1. The highest BCUT2D eigenvalue weighted by Gasteiger charge is 2.49. The number of rotatable bonds is 17. The molecule has 0 N–H and O–H groups in total. The third-order valence-corrected chi connectivity index (χ3v) is 36.2. The lowest BCUT2D eigenvalue weighted by Crippen LogP contribution is -2.74. The third-order valence-electron chi connectivity index (χ3n) is 31.4. The van der Waals surface area contributed by atoms with Gasteiger partial charge in [0.25, 0.3) is 0 Å². The Morgan fingerprint density at radius 3 is 0.972 bits per heavy atom. The van der Waals surface area contributed by atoms with E-state index in [-0.39, 0.29) is 5.82 Å². The first kappa shape index (κ1) is 83.4. The molecular weight excluding hydrogens is 1730 g/mol. The summed E-state index contributed by atoms with van der Waals surface area (Å²) in [6.45, 7) is 0. The van der Waals surface area contributed by atoms with Crippen molar-refractivity contribution in [2.45, 2.75) is 38.0 Å². The van der Waals surface area contributed by atoms with Gasteiger partial charge in [0.15, 0.2) is 8.07 Å². The van der Waals surface area contributed by atoms with Crippen molar-refractivity contribution >= 4 is 161 Å². The van der Waals surface area contributed by atoms with E-state index in [1.165, 1.54) is 195 Å². The van der Waals surface area contributed by atoms with E-state index < -0.39 is 8.07 Å². The molecule has 0 unspecified atom stereocenters. The molecule has 0 spiro atoms. The number of fused-ring (bicyclic) bond motifs is 19. The van der Waals surface area contributed by atoms with E-state index in [1.54, 1.807) is 12.1 Å². The number of aromatic nitrogens is 3. The minimum atomic E-state index is -2.77. The molecule has 4 saturated carbocycles. The Balaban J connectivity index is 0.000000152. The summed E-state index contributed by atoms with van der Waals surface area (Å²) in [5.41, 5.74) is 28.2. The van der Waals surface area contributed by atoms with Crippen molar-refractivity contribution in [2.75, 3.05) is 9.80 Å². The van der Waals surface area contributed by atoms with Gasteiger partial charge in [0, 0.05) is 95.6 Å². The average molecular weight is 1830 g/mol. The van der Waals surface area contributed by atoms with Gasteiger partial charge in [0.05, 0.1) is 33.1 Å². The Kier molecular flexibility index (Phi) is 20.5. The minimum absolute atomic E-state index is 0.226. The number of para-hydroxylation sites is 2. The first-order valence-corrected chi connectivity index (χ1v) is 51.8. The summed E-state index contributed by atoms with van der Waals surface area (Å²) in [4.78, 5) is 4.68. The van der Waals surface area contributed by atoms with E-state index in [9.17, 15) is 4.39 Å². The zero-order chi connectivity index (χ0) is 93.2. The second-order valence-electron chi connectivity index (χ2n) is 39.1. The molecule has 4 bridgehead atoms. The predicted octanol–water partition coefficient (Wildman–Crippen LogP) is 33.2. The van der Waals surface area contributed by atoms with Crippen LogP contribution in [0.25, 0.3) is 159 Å². The van der Waals surface area contributed by atoms with Crippen molar-refractivity contribution in [2.24, 2.45) is 23.7 Å². The van der Waals surface area contributed by atoms with Gasteiger partial charge in [-0.25, -0.2) is 4.39 Å². The topological polar surface area (TPSA) is 20.2 Å². The van der Waals surface area contributed by atoms with Crippen LogP contribution in [0.2, 0.25) is 0 Å². The zero-order valence-corrected chi connectivity index (χ0v) is 79.0. The molecule has 0 atom stereocenters. The van der Waals surface area contributed by atoms with E-state index in [4.69, 9.17) is 0 Å². The lowest BCUT2D eigenvalue weighted by atomic mass is 9.51. The number of nitrogens with zero attached hydrogens (tertiary/aromatic N) is 5. The van der Waals surface area contributed by atoms with Gasteiger partial charge in [0.2, 0.25) is 0 Å². The molecule has 5 heterocycles. The van der Waals surface area contributed by atoms with Gasteiger partial charge in [-0.05, 0) is 316 Å². The molecule has 5 aromatic heterocycles. The quantitative estimate of drug-likeness (QED) is 0.0514. The van der Waals surface area contributed by atoms with Gasteiger partial charge in [0.1, 0.15) is 5.82 Å². The molecule has 29 rings (SSSR count). The zero-order valence-electron chi connectivity index (χ0n) is 78.0. The second kappa shape index (κ2) is 34.6. The summed E-state index contributed by atoms with van der Waals surface area (Å²) in [6, 6.07) is 180. The van der Waals surface area contributed by atoms with Crippen molar-refractivity contribution < 1.29 is 4.39 Å². The average Bonchev–Trinajstić information content (AvgIpc) is 1.53. The largest absolute Gasteiger partial charge is 0.315 e. The molecule has 4 fully saturated rings. The van der Waals surface area contributed by atoms with Crippen LogP contribution in [0.3, 0.4) is 0 Å². The molecule has 25 aromatic rings. The Bertz CT molecular complexity index is 8940. The van der Waals surface area contributed by atoms with Gasteiger partial charge >= 0.3 is 0 Å². The first-order chi connectivity index (χ1) is 69.8. The first-order valence-electron chi connectivity index (χ1n) is 49.8. The van der Waals surface area contributed by atoms with Crippen molar-refractivity contribution in [3.63, 3.8) is 0 Å². The number of benzene rings is 20. The van der Waals surface area contributed by atoms with E-state index in [1.807, 2.05) is 12.1 Å². The van der Waals surface area contributed by atoms with Crippen molar-refractivity contribution in [1.29, 1.82) is 0 Å². The highest BCUT2D eigenvalue weighted by atomic mass is 28.3. The number of anilines is 6. The summed E-state index contributed by atoms with van der Waals surface area (Å²) in [7, 11) is -2.77. The van der Waals surface area contributed by atoms with Gasteiger partial charge in [-0.3, -0.25) is 0 Å². The van der Waals surface area contributed by atoms with Crippen LogP contribution in [0, 0.1) is 29.5 Å². The summed E-state index contributed by atoms with van der Waals surface area (Å²) >= 11 is 0. The molecule has 0 aliphatic heterocycles. The van der Waals surface area contributed by atoms with Crippen LogP contribution in [0.4, 0.5) is 38.5 Å². The van der Waals surface area contributed by atoms with Crippen LogP contribution in [-0.4, -0.2) is 21.4 Å². The number of pyridine rings is 2. The van der Waals surface area contributed by atoms with Gasteiger partial charge in [-0.2, -0.15) is 0 Å². The Morgan fingerprint density at radius 1 is 0.227 bits per heavy atom. The molecule has 0 saturated heterocycles. The maximum absolute atomic E-state index is 14.3. The molecular formula is C134H98FN5Si. The summed E-state index contributed by atoms with van der Waals surface area (Å²) in [5.74, 6) is 4.10. The van der Waals surface area contributed by atoms with Crippen molar-refractivity contribution in [3.8, 4) is 61.3 Å². The van der Waals surface area contributed by atoms with Crippen LogP contribution in [0.5, 0.6) is 0 Å². The van der Waals surface area contributed by atoms with Gasteiger partial charge in [-0.15, -0.1) is 0 Å². The molecule has 670 valence electrons. The van der Waals surface area contributed by atoms with Crippen LogP contribution in [0.15, 0.2) is 504 Å². The molecule has 141 heavy (non-hydrogen) atoms. The fourth-order valence-corrected chi connectivity index (χ4v) is 30.3. The normalized spacial score (nSPS) is 15.6. The van der Waals surface area contributed by atoms with Gasteiger partial charge < -0.3 is 23.2 Å². The lowest BCUT2D eigenvalue weighted by Gasteiger charge is -2.54. The van der Waals surface area contributed by atoms with E-state index in [2.05, 4.69) is 503 Å². The maximum atomic E-state index is 14.3. The second-order valence-corrected chi connectivity index (χ2v) is 42.9.